The molecule has 1 aliphatic rings. The molecule has 0 bridgehead atoms. The molecule has 0 aliphatic carbocycles. The van der Waals surface area contributed by atoms with Crippen molar-refractivity contribution < 1.29 is 24.5 Å². The first-order chi connectivity index (χ1) is 11.5. The molecule has 0 saturated carbocycles. The van der Waals surface area contributed by atoms with Crippen LogP contribution in [0.5, 0.6) is 0 Å². The number of amidine groups is 1. The molecule has 8 nitrogen and oxygen atoms in total. The number of nitrogens with zero attached hydrogens (tertiary/aromatic N) is 2. The van der Waals surface area contributed by atoms with Gasteiger partial charge in [0.25, 0.3) is 5.91 Å². The number of aliphatic imine (C=N–C) groups is 1. The number of carbonyl (C=O) groups is 2. The molecule has 8 heteroatoms. The van der Waals surface area contributed by atoms with E-state index in [1.54, 1.807) is 6.08 Å². The highest BCUT2D eigenvalue weighted by Gasteiger charge is 2.24. The Hall–Kier alpha value is -2.74. The summed E-state index contributed by atoms with van der Waals surface area (Å²) in [5, 5.41) is 10.4. The highest BCUT2D eigenvalue weighted by Crippen LogP contribution is 2.25. The summed E-state index contributed by atoms with van der Waals surface area (Å²) in [7, 11) is 0. The molecule has 1 aromatic heterocycles. The summed E-state index contributed by atoms with van der Waals surface area (Å²) in [5.41, 5.74) is 7.29. The van der Waals surface area contributed by atoms with Gasteiger partial charge < -0.3 is 10.8 Å². The number of fused-ring (bicyclic) bond motifs is 1. The lowest BCUT2D eigenvalue weighted by molar-refractivity contribution is -0.380. The van der Waals surface area contributed by atoms with E-state index >= 15 is 0 Å². The zero-order valence-electron chi connectivity index (χ0n) is 13.7. The monoisotopic (exact) mass is 333 g/mol. The molecule has 1 aromatic rings. The molecule has 0 unspecified atom stereocenters. The average Bonchev–Trinajstić information content (AvgIpc) is 2.71. The predicted molar refractivity (Wildman–Crippen MR) is 87.5 cm³/mol. The van der Waals surface area contributed by atoms with Crippen LogP contribution in [-0.2, 0) is 9.63 Å². The van der Waals surface area contributed by atoms with Crippen LogP contribution in [0.1, 0.15) is 42.7 Å². The fourth-order valence-electron chi connectivity index (χ4n) is 2.32. The van der Waals surface area contributed by atoms with E-state index in [1.165, 1.54) is 17.3 Å². The van der Waals surface area contributed by atoms with Crippen LogP contribution in [0, 0.1) is 0 Å². The highest BCUT2D eigenvalue weighted by atomic mass is 16.7. The van der Waals surface area contributed by atoms with E-state index in [-0.39, 0.29) is 23.7 Å². The number of aromatic nitrogens is 1. The Balaban J connectivity index is 2.40. The molecule has 0 spiro atoms. The number of H-pyrrole nitrogens is 1. The number of hydrogen-bond donors (Lipinski definition) is 2. The highest BCUT2D eigenvalue weighted by molar-refractivity contribution is 6.04. The Morgan fingerprint density at radius 2 is 2.21 bits per heavy atom. The van der Waals surface area contributed by atoms with Gasteiger partial charge in [0.1, 0.15) is 17.1 Å². The van der Waals surface area contributed by atoms with E-state index in [9.17, 15) is 9.59 Å². The van der Waals surface area contributed by atoms with Crippen molar-refractivity contribution in [3.05, 3.63) is 29.1 Å². The van der Waals surface area contributed by atoms with Gasteiger partial charge in [-0.2, -0.15) is 0 Å². The van der Waals surface area contributed by atoms with Crippen LogP contribution >= 0.6 is 0 Å². The second-order valence-electron chi connectivity index (χ2n) is 5.27. The number of aromatic amines is 1. The van der Waals surface area contributed by atoms with Crippen LogP contribution in [0.2, 0.25) is 0 Å². The largest absolute Gasteiger partial charge is 0.477 e. The lowest BCUT2D eigenvalue weighted by atomic mass is 10.1. The minimum Gasteiger partial charge on any atom is -0.477 e. The first kappa shape index (κ1) is 17.6. The van der Waals surface area contributed by atoms with E-state index in [2.05, 4.69) is 9.98 Å². The van der Waals surface area contributed by atoms with Crippen LogP contribution in [-0.4, -0.2) is 41.0 Å². The summed E-state index contributed by atoms with van der Waals surface area (Å²) in [5.74, 6) is -1.12. The van der Waals surface area contributed by atoms with E-state index < -0.39 is 5.97 Å². The number of rotatable bonds is 6. The number of hydrogen-bond acceptors (Lipinski definition) is 5. The van der Waals surface area contributed by atoms with Crippen LogP contribution in [0.3, 0.4) is 0 Å². The minimum atomic E-state index is -1.07. The summed E-state index contributed by atoms with van der Waals surface area (Å²) in [6.07, 6.45) is 3.90. The molecule has 0 aromatic carbocycles. The summed E-state index contributed by atoms with van der Waals surface area (Å²) < 4.78 is 0. The molecule has 24 heavy (non-hydrogen) atoms. The maximum atomic E-state index is 12.7. The van der Waals surface area contributed by atoms with Gasteiger partial charge in [-0.05, 0) is 19.4 Å². The Labute approximate surface area is 139 Å². The van der Waals surface area contributed by atoms with Gasteiger partial charge in [-0.25, -0.2) is 19.8 Å². The normalized spacial score (nSPS) is 13.4. The maximum Gasteiger partial charge on any atom is 0.341 e. The van der Waals surface area contributed by atoms with E-state index in [0.717, 1.165) is 6.42 Å². The lowest BCUT2D eigenvalue weighted by Crippen LogP contribution is -2.34. The summed E-state index contributed by atoms with van der Waals surface area (Å²) in [6.45, 7) is 4.61. The second kappa shape index (κ2) is 7.69. The van der Waals surface area contributed by atoms with Gasteiger partial charge in [0.2, 0.25) is 5.69 Å². The van der Waals surface area contributed by atoms with Crippen molar-refractivity contribution in [1.29, 1.82) is 0 Å². The Morgan fingerprint density at radius 1 is 1.46 bits per heavy atom. The molecule has 4 N–H and O–H groups in total. The van der Waals surface area contributed by atoms with Crippen LogP contribution in [0.15, 0.2) is 22.8 Å². The molecule has 2 heterocycles. The summed E-state index contributed by atoms with van der Waals surface area (Å²) in [6, 6.07) is 1.41. The maximum absolute atomic E-state index is 12.7. The summed E-state index contributed by atoms with van der Waals surface area (Å²) in [4.78, 5) is 36.2. The van der Waals surface area contributed by atoms with Gasteiger partial charge in [0.15, 0.2) is 6.20 Å². The Kier molecular flexibility index (Phi) is 5.64. The van der Waals surface area contributed by atoms with Crippen LogP contribution in [0.25, 0.3) is 6.08 Å². The van der Waals surface area contributed by atoms with Gasteiger partial charge >= 0.3 is 5.97 Å². The quantitative estimate of drug-likeness (QED) is 0.757. The molecule has 0 radical (unpaired) electrons. The Bertz CT molecular complexity index is 706. The molecule has 1 aliphatic heterocycles. The van der Waals surface area contributed by atoms with E-state index in [0.29, 0.717) is 30.1 Å². The van der Waals surface area contributed by atoms with Crippen molar-refractivity contribution in [2.24, 2.45) is 10.7 Å². The number of pyridine rings is 1. The van der Waals surface area contributed by atoms with Gasteiger partial charge in [-0.15, -0.1) is 0 Å². The molecular weight excluding hydrogens is 312 g/mol. The van der Waals surface area contributed by atoms with Crippen molar-refractivity contribution in [1.82, 2.24) is 5.06 Å². The van der Waals surface area contributed by atoms with Crippen molar-refractivity contribution in [2.45, 2.75) is 26.7 Å². The smallest absolute Gasteiger partial charge is 0.341 e. The number of nitrogens with one attached hydrogen (secondary N) is 1. The van der Waals surface area contributed by atoms with Crippen LogP contribution in [0.4, 0.5) is 5.69 Å². The van der Waals surface area contributed by atoms with Crippen molar-refractivity contribution in [3.8, 4) is 0 Å². The third-order valence-corrected chi connectivity index (χ3v) is 3.37. The number of amides is 1. The topological polar surface area (TPSA) is 119 Å². The number of carbonyl (C=O) groups excluding carboxylic acids is 1. The molecule has 2 rings (SSSR count). The lowest BCUT2D eigenvalue weighted by Gasteiger charge is -2.21. The van der Waals surface area contributed by atoms with Gasteiger partial charge in [-0.3, -0.25) is 9.63 Å². The third-order valence-electron chi connectivity index (χ3n) is 3.37. The molecule has 128 valence electrons. The summed E-state index contributed by atoms with van der Waals surface area (Å²) >= 11 is 0. The van der Waals surface area contributed by atoms with Gasteiger partial charge in [0.05, 0.1) is 6.61 Å². The fourth-order valence-corrected chi connectivity index (χ4v) is 2.32. The van der Waals surface area contributed by atoms with E-state index in [1.807, 2.05) is 13.8 Å². The van der Waals surface area contributed by atoms with Gasteiger partial charge in [-0.1, -0.05) is 6.92 Å². The number of carboxylic acid groups (broad SMARTS) is 1. The fraction of sp³-hybridized carbons (Fsp3) is 0.375. The second-order valence-corrected chi connectivity index (χ2v) is 5.27. The van der Waals surface area contributed by atoms with Crippen LogP contribution < -0.4 is 10.7 Å². The average molecular weight is 333 g/mol. The third kappa shape index (κ3) is 3.96. The Morgan fingerprint density at radius 3 is 2.83 bits per heavy atom. The minimum absolute atomic E-state index is 0.0652. The molecule has 0 saturated heterocycles. The molecule has 0 fully saturated rings. The zero-order valence-corrected chi connectivity index (χ0v) is 13.7. The molecular formula is C16H21N4O4+. The first-order valence-electron chi connectivity index (χ1n) is 7.73. The number of aromatic carboxylic acids is 1. The number of hydroxylamine groups is 2. The SMILES string of the molecule is CCCN(OCC)C(=O)C1=Cc2[nH+]cc(C(=O)O)cc2N=C(N)C1. The predicted octanol–water partition coefficient (Wildman–Crippen LogP) is 1.16. The van der Waals surface area contributed by atoms with Crippen molar-refractivity contribution in [3.63, 3.8) is 0 Å². The zero-order chi connectivity index (χ0) is 17.7. The number of carboxylic acids is 1. The molecule has 0 atom stereocenters. The number of nitrogens with two attached hydrogens (primary N) is 1. The van der Waals surface area contributed by atoms with Crippen molar-refractivity contribution >= 4 is 29.5 Å². The first-order valence-corrected chi connectivity index (χ1v) is 7.73. The van der Waals surface area contributed by atoms with Crippen molar-refractivity contribution in [2.75, 3.05) is 13.2 Å². The van der Waals surface area contributed by atoms with Gasteiger partial charge in [0, 0.05) is 24.6 Å². The standard InChI is InChI=1S/C16H20N4O4/c1-3-5-20(24-4-2)15(21)10-6-12-13(19-14(17)8-10)7-11(9-18-12)16(22)23/h6-7,9H,3-5,8H2,1-2H3,(H2,17,19)(H,22,23)/p+1. The van der Waals surface area contributed by atoms with E-state index in [4.69, 9.17) is 15.7 Å². The molecule has 1 amide bonds.